The van der Waals surface area contributed by atoms with E-state index < -0.39 is 22.0 Å². The summed E-state index contributed by atoms with van der Waals surface area (Å²) in [7, 11) is -3.83. The average molecular weight is 462 g/mol. The van der Waals surface area contributed by atoms with Crippen LogP contribution in [0.5, 0.6) is 0 Å². The number of aromatic nitrogens is 2. The van der Waals surface area contributed by atoms with Crippen molar-refractivity contribution in [3.63, 3.8) is 0 Å². The molecule has 0 spiro atoms. The number of rotatable bonds is 6. The van der Waals surface area contributed by atoms with Crippen LogP contribution in [0.25, 0.3) is 11.0 Å². The molecule has 1 N–H and O–H groups in total. The largest absolute Gasteiger partial charge is 0.327 e. The number of nitrogens with one attached hydrogen (secondary N) is 1. The highest BCUT2D eigenvalue weighted by Crippen LogP contribution is 2.36. The van der Waals surface area contributed by atoms with Gasteiger partial charge in [-0.3, -0.25) is 0 Å². The molecule has 156 valence electrons. The zero-order chi connectivity index (χ0) is 21.6. The molecule has 0 saturated heterocycles. The molecule has 1 aromatic heterocycles. The maximum Gasteiger partial charge on any atom is 0.272 e. The minimum atomic E-state index is -3.83. The Hall–Kier alpha value is -1.74. The third-order valence-corrected chi connectivity index (χ3v) is 6.62. The molecule has 0 saturated carbocycles. The fourth-order valence-electron chi connectivity index (χ4n) is 3.13. The van der Waals surface area contributed by atoms with Crippen molar-refractivity contribution < 1.29 is 17.2 Å². The molecule has 0 aliphatic heterocycles. The van der Waals surface area contributed by atoms with Crippen LogP contribution >= 0.6 is 23.2 Å². The van der Waals surface area contributed by atoms with Crippen molar-refractivity contribution in [1.82, 2.24) is 14.3 Å². The van der Waals surface area contributed by atoms with Crippen LogP contribution in [0.3, 0.4) is 0 Å². The van der Waals surface area contributed by atoms with E-state index in [1.54, 1.807) is 11.5 Å². The first-order chi connectivity index (χ1) is 13.4. The molecule has 29 heavy (non-hydrogen) atoms. The standard InChI is InChI=1S/C19H19Cl2F2N3O2S/c1-4-26-17-10-15(21)14(19(3,22)23)9-16(17)24-18(26)11(2)25-29(27,28)13-7-5-12(20)6-8-13/h5-11,25H,4H2,1-3H3. The van der Waals surface area contributed by atoms with Crippen molar-refractivity contribution >= 4 is 44.3 Å². The van der Waals surface area contributed by atoms with Gasteiger partial charge in [-0.1, -0.05) is 23.2 Å². The predicted octanol–water partition coefficient (Wildman–Crippen LogP) is 5.51. The maximum absolute atomic E-state index is 13.8. The average Bonchev–Trinajstić information content (AvgIpc) is 2.97. The van der Waals surface area contributed by atoms with Gasteiger partial charge in [-0.05, 0) is 50.2 Å². The molecule has 0 radical (unpaired) electrons. The Morgan fingerprint density at radius 2 is 1.83 bits per heavy atom. The first-order valence-electron chi connectivity index (χ1n) is 8.80. The van der Waals surface area contributed by atoms with Gasteiger partial charge >= 0.3 is 0 Å². The second kappa shape index (κ2) is 7.83. The molecule has 5 nitrogen and oxygen atoms in total. The van der Waals surface area contributed by atoms with Crippen molar-refractivity contribution in [3.05, 3.63) is 57.8 Å². The predicted molar refractivity (Wildman–Crippen MR) is 110 cm³/mol. The molecule has 3 aromatic rings. The summed E-state index contributed by atoms with van der Waals surface area (Å²) in [6.45, 7) is 4.71. The highest BCUT2D eigenvalue weighted by atomic mass is 35.5. The van der Waals surface area contributed by atoms with Gasteiger partial charge in [0.25, 0.3) is 5.92 Å². The summed E-state index contributed by atoms with van der Waals surface area (Å²) in [5, 5.41) is 0.353. The molecule has 0 amide bonds. The molecule has 2 aromatic carbocycles. The van der Waals surface area contributed by atoms with Crippen molar-refractivity contribution in [1.29, 1.82) is 0 Å². The third-order valence-electron chi connectivity index (χ3n) is 4.50. The zero-order valence-corrected chi connectivity index (χ0v) is 18.2. The Balaban J connectivity index is 2.03. The Bertz CT molecular complexity index is 1160. The Kier molecular flexibility index (Phi) is 5.93. The van der Waals surface area contributed by atoms with Gasteiger partial charge in [-0.15, -0.1) is 0 Å². The quantitative estimate of drug-likeness (QED) is 0.525. The van der Waals surface area contributed by atoms with E-state index >= 15 is 0 Å². The first-order valence-corrected chi connectivity index (χ1v) is 11.0. The van der Waals surface area contributed by atoms with E-state index in [0.717, 1.165) is 6.92 Å². The molecule has 1 unspecified atom stereocenters. The van der Waals surface area contributed by atoms with E-state index in [1.807, 2.05) is 6.92 Å². The number of alkyl halides is 2. The number of imidazole rings is 1. The van der Waals surface area contributed by atoms with Gasteiger partial charge in [0.05, 0.1) is 27.0 Å². The molecule has 0 aliphatic carbocycles. The lowest BCUT2D eigenvalue weighted by atomic mass is 10.1. The van der Waals surface area contributed by atoms with Gasteiger partial charge in [0.1, 0.15) is 5.82 Å². The lowest BCUT2D eigenvalue weighted by molar-refractivity contribution is 0.0177. The van der Waals surface area contributed by atoms with Crippen LogP contribution < -0.4 is 4.72 Å². The van der Waals surface area contributed by atoms with E-state index in [1.165, 1.54) is 36.4 Å². The smallest absolute Gasteiger partial charge is 0.272 e. The third kappa shape index (κ3) is 4.40. The molecule has 0 aliphatic rings. The van der Waals surface area contributed by atoms with E-state index in [2.05, 4.69) is 9.71 Å². The molecule has 3 rings (SSSR count). The topological polar surface area (TPSA) is 64.0 Å². The summed E-state index contributed by atoms with van der Waals surface area (Å²) in [6.07, 6.45) is 0. The van der Waals surface area contributed by atoms with Crippen LogP contribution in [0.2, 0.25) is 10.0 Å². The molecule has 0 fully saturated rings. The first kappa shape index (κ1) is 22.0. The number of halogens is 4. The van der Waals surface area contributed by atoms with Crippen molar-refractivity contribution in [2.75, 3.05) is 0 Å². The molecular formula is C19H19Cl2F2N3O2S. The number of benzene rings is 2. The van der Waals surface area contributed by atoms with Crippen molar-refractivity contribution in [3.8, 4) is 0 Å². The number of aryl methyl sites for hydroxylation is 1. The van der Waals surface area contributed by atoms with Crippen LogP contribution in [0.4, 0.5) is 8.78 Å². The molecular weight excluding hydrogens is 443 g/mol. The highest BCUT2D eigenvalue weighted by Gasteiger charge is 2.29. The number of hydrogen-bond acceptors (Lipinski definition) is 3. The van der Waals surface area contributed by atoms with E-state index in [-0.39, 0.29) is 15.5 Å². The Labute approximate surface area is 177 Å². The lowest BCUT2D eigenvalue weighted by Crippen LogP contribution is -2.28. The summed E-state index contributed by atoms with van der Waals surface area (Å²) in [5.74, 6) is -2.73. The summed E-state index contributed by atoms with van der Waals surface area (Å²) in [5.41, 5.74) is 0.548. The van der Waals surface area contributed by atoms with Gasteiger partial charge in [-0.25, -0.2) is 26.9 Å². The summed E-state index contributed by atoms with van der Waals surface area (Å²) < 4.78 is 57.3. The molecule has 1 atom stereocenters. The summed E-state index contributed by atoms with van der Waals surface area (Å²) in [6, 6.07) is 7.73. The summed E-state index contributed by atoms with van der Waals surface area (Å²) in [4.78, 5) is 4.47. The van der Waals surface area contributed by atoms with Crippen LogP contribution in [0.15, 0.2) is 41.3 Å². The minimum Gasteiger partial charge on any atom is -0.327 e. The lowest BCUT2D eigenvalue weighted by Gasteiger charge is -2.16. The molecule has 0 bridgehead atoms. The monoisotopic (exact) mass is 461 g/mol. The van der Waals surface area contributed by atoms with Gasteiger partial charge in [-0.2, -0.15) is 0 Å². The van der Waals surface area contributed by atoms with Gasteiger partial charge in [0.2, 0.25) is 10.0 Å². The van der Waals surface area contributed by atoms with Crippen LogP contribution in [0.1, 0.15) is 38.2 Å². The van der Waals surface area contributed by atoms with Crippen molar-refractivity contribution in [2.45, 2.75) is 44.2 Å². The zero-order valence-electron chi connectivity index (χ0n) is 15.9. The van der Waals surface area contributed by atoms with Gasteiger partial charge in [0, 0.05) is 24.1 Å². The number of nitrogens with zero attached hydrogens (tertiary/aromatic N) is 2. The molecule has 10 heteroatoms. The fraction of sp³-hybridized carbons (Fsp3) is 0.316. The van der Waals surface area contributed by atoms with Crippen LogP contribution in [-0.4, -0.2) is 18.0 Å². The fourth-order valence-corrected chi connectivity index (χ4v) is 4.78. The Morgan fingerprint density at radius 3 is 2.38 bits per heavy atom. The Morgan fingerprint density at radius 1 is 1.21 bits per heavy atom. The normalized spacial score (nSPS) is 13.8. The highest BCUT2D eigenvalue weighted by molar-refractivity contribution is 7.89. The van der Waals surface area contributed by atoms with E-state index in [9.17, 15) is 17.2 Å². The second-order valence-electron chi connectivity index (χ2n) is 6.72. The van der Waals surface area contributed by atoms with Crippen LogP contribution in [0, 0.1) is 0 Å². The van der Waals surface area contributed by atoms with E-state index in [0.29, 0.717) is 28.4 Å². The maximum atomic E-state index is 13.8. The van der Waals surface area contributed by atoms with Gasteiger partial charge < -0.3 is 4.57 Å². The second-order valence-corrected chi connectivity index (χ2v) is 9.28. The van der Waals surface area contributed by atoms with Crippen LogP contribution in [-0.2, 0) is 22.5 Å². The molecule has 1 heterocycles. The van der Waals surface area contributed by atoms with Gasteiger partial charge in [0.15, 0.2) is 0 Å². The minimum absolute atomic E-state index is 0.0591. The SMILES string of the molecule is CCn1c(C(C)NS(=O)(=O)c2ccc(Cl)cc2)nc2cc(C(C)(F)F)c(Cl)cc21. The number of hydrogen-bond donors (Lipinski definition) is 1. The van der Waals surface area contributed by atoms with Crippen molar-refractivity contribution in [2.24, 2.45) is 0 Å². The summed E-state index contributed by atoms with van der Waals surface area (Å²) >= 11 is 11.9. The number of sulfonamides is 1. The van der Waals surface area contributed by atoms with E-state index in [4.69, 9.17) is 23.2 Å². The number of fused-ring (bicyclic) bond motifs is 1.